The fraction of sp³-hybridized carbons (Fsp3) is 0.263. The summed E-state index contributed by atoms with van der Waals surface area (Å²) in [6.45, 7) is 8.59. The first kappa shape index (κ1) is 17.6. The van der Waals surface area contributed by atoms with Crippen molar-refractivity contribution in [3.63, 3.8) is 0 Å². The average Bonchev–Trinajstić information content (AvgIpc) is 2.58. The summed E-state index contributed by atoms with van der Waals surface area (Å²) in [5.74, 6) is 1.04. The Balaban J connectivity index is 1.89. The van der Waals surface area contributed by atoms with E-state index in [1.165, 1.54) is 5.56 Å². The molecule has 0 atom stereocenters. The van der Waals surface area contributed by atoms with Gasteiger partial charge in [0.05, 0.1) is 6.20 Å². The van der Waals surface area contributed by atoms with Crippen molar-refractivity contribution < 1.29 is 4.79 Å². The van der Waals surface area contributed by atoms with Crippen LogP contribution in [0.4, 0.5) is 22.1 Å². The van der Waals surface area contributed by atoms with Crippen LogP contribution in [0, 0.1) is 20.8 Å². The maximum atomic E-state index is 11.6. The highest BCUT2D eigenvalue weighted by Gasteiger charge is 2.08. The molecule has 2 aromatic heterocycles. The maximum Gasteiger partial charge on any atom is 0.320 e. The van der Waals surface area contributed by atoms with E-state index >= 15 is 0 Å². The number of urea groups is 1. The Bertz CT molecular complexity index is 946. The molecule has 0 spiro atoms. The zero-order chi connectivity index (χ0) is 18.7. The summed E-state index contributed by atoms with van der Waals surface area (Å²) in [6.07, 6.45) is 1.68. The summed E-state index contributed by atoms with van der Waals surface area (Å²) in [5.41, 5.74) is 5.65. The van der Waals surface area contributed by atoms with Gasteiger partial charge in [0.25, 0.3) is 0 Å². The summed E-state index contributed by atoms with van der Waals surface area (Å²) in [7, 11) is 0. The topological polar surface area (TPSA) is 91.8 Å². The number of fused-ring (bicyclic) bond motifs is 1. The monoisotopic (exact) mass is 350 g/mol. The third-order valence-electron chi connectivity index (χ3n) is 3.92. The van der Waals surface area contributed by atoms with Gasteiger partial charge in [-0.2, -0.15) is 0 Å². The highest BCUT2D eigenvalue weighted by atomic mass is 16.2. The number of nitrogens with one attached hydrogen (secondary N) is 3. The number of amides is 2. The summed E-state index contributed by atoms with van der Waals surface area (Å²) in [5, 5.41) is 8.67. The van der Waals surface area contributed by atoms with E-state index in [1.54, 1.807) is 18.3 Å². The van der Waals surface area contributed by atoms with Crippen molar-refractivity contribution >= 4 is 34.5 Å². The molecule has 0 aliphatic heterocycles. The third kappa shape index (κ3) is 3.88. The van der Waals surface area contributed by atoms with Crippen LogP contribution < -0.4 is 16.0 Å². The number of aromatic nitrogens is 3. The van der Waals surface area contributed by atoms with Crippen molar-refractivity contribution in [2.24, 2.45) is 0 Å². The van der Waals surface area contributed by atoms with Gasteiger partial charge in [0.1, 0.15) is 11.3 Å². The highest BCUT2D eigenvalue weighted by molar-refractivity contribution is 5.89. The number of hydrogen-bond donors (Lipinski definition) is 3. The normalized spacial score (nSPS) is 10.6. The second-order valence-electron chi connectivity index (χ2n) is 6.18. The van der Waals surface area contributed by atoms with Crippen LogP contribution in [0.1, 0.15) is 23.6 Å². The first-order valence-electron chi connectivity index (χ1n) is 8.50. The lowest BCUT2D eigenvalue weighted by Crippen LogP contribution is -2.28. The molecule has 2 amide bonds. The molecule has 0 fully saturated rings. The van der Waals surface area contributed by atoms with Gasteiger partial charge >= 0.3 is 6.03 Å². The number of carbonyl (C=O) groups excluding carboxylic acids is 1. The molecule has 7 heteroatoms. The van der Waals surface area contributed by atoms with Crippen LogP contribution in [0.2, 0.25) is 0 Å². The van der Waals surface area contributed by atoms with E-state index in [9.17, 15) is 4.79 Å². The summed E-state index contributed by atoms with van der Waals surface area (Å²) in [4.78, 5) is 24.9. The number of hydrogen-bond acceptors (Lipinski definition) is 5. The Labute approximate surface area is 152 Å². The van der Waals surface area contributed by atoms with Crippen LogP contribution in [0.3, 0.4) is 0 Å². The number of aryl methyl sites for hydroxylation is 3. The van der Waals surface area contributed by atoms with Gasteiger partial charge in [0.2, 0.25) is 0 Å². The van der Waals surface area contributed by atoms with Gasteiger partial charge in [-0.25, -0.2) is 19.7 Å². The Morgan fingerprint density at radius 2 is 1.73 bits per heavy atom. The van der Waals surface area contributed by atoms with Crippen LogP contribution in [0.25, 0.3) is 11.2 Å². The lowest BCUT2D eigenvalue weighted by atomic mass is 10.1. The number of nitrogens with zero attached hydrogens (tertiary/aromatic N) is 3. The molecule has 3 rings (SSSR count). The van der Waals surface area contributed by atoms with E-state index in [0.717, 1.165) is 16.8 Å². The van der Waals surface area contributed by atoms with Gasteiger partial charge < -0.3 is 10.6 Å². The molecule has 3 aromatic rings. The molecule has 3 N–H and O–H groups in total. The number of anilines is 3. The van der Waals surface area contributed by atoms with Gasteiger partial charge in [0, 0.05) is 12.2 Å². The third-order valence-corrected chi connectivity index (χ3v) is 3.92. The molecule has 0 bridgehead atoms. The minimum atomic E-state index is -0.299. The molecule has 26 heavy (non-hydrogen) atoms. The zero-order valence-electron chi connectivity index (χ0n) is 15.3. The predicted molar refractivity (Wildman–Crippen MR) is 104 cm³/mol. The molecule has 0 aliphatic rings. The van der Waals surface area contributed by atoms with Crippen LogP contribution in [-0.4, -0.2) is 27.5 Å². The molecule has 0 aliphatic carbocycles. The lowest BCUT2D eigenvalue weighted by Gasteiger charge is -2.13. The van der Waals surface area contributed by atoms with E-state index in [0.29, 0.717) is 29.3 Å². The number of pyridine rings is 1. The van der Waals surface area contributed by atoms with Crippen molar-refractivity contribution in [2.45, 2.75) is 27.7 Å². The van der Waals surface area contributed by atoms with E-state index in [2.05, 4.69) is 63.8 Å². The highest BCUT2D eigenvalue weighted by Crippen LogP contribution is 2.25. The van der Waals surface area contributed by atoms with Gasteiger partial charge in [0.15, 0.2) is 11.5 Å². The van der Waals surface area contributed by atoms with Crippen molar-refractivity contribution in [1.82, 2.24) is 20.3 Å². The summed E-state index contributed by atoms with van der Waals surface area (Å²) < 4.78 is 0. The Morgan fingerprint density at radius 1 is 1.04 bits per heavy atom. The number of benzene rings is 1. The van der Waals surface area contributed by atoms with Crippen LogP contribution in [-0.2, 0) is 0 Å². The quantitative estimate of drug-likeness (QED) is 0.665. The summed E-state index contributed by atoms with van der Waals surface area (Å²) in [6, 6.07) is 7.43. The fourth-order valence-corrected chi connectivity index (χ4v) is 2.85. The molecule has 0 saturated heterocycles. The Kier molecular flexibility index (Phi) is 4.97. The standard InChI is InChI=1S/C19H22N6O/c1-5-20-19(26)25-15-7-6-14-18(23-15)24-16(10-21-14)22-17-12(3)8-11(2)9-13(17)4/h6-10H,5H2,1-4H3,(H3,20,22,23,24,25,26). The summed E-state index contributed by atoms with van der Waals surface area (Å²) >= 11 is 0. The fourth-order valence-electron chi connectivity index (χ4n) is 2.85. The Hall–Kier alpha value is -3.22. The average molecular weight is 350 g/mol. The molecular weight excluding hydrogens is 328 g/mol. The Morgan fingerprint density at radius 3 is 2.42 bits per heavy atom. The van der Waals surface area contributed by atoms with Gasteiger partial charge in [-0.15, -0.1) is 0 Å². The van der Waals surface area contributed by atoms with Crippen molar-refractivity contribution in [3.8, 4) is 0 Å². The van der Waals surface area contributed by atoms with E-state index in [1.807, 2.05) is 6.92 Å². The minimum absolute atomic E-state index is 0.299. The number of rotatable bonds is 4. The van der Waals surface area contributed by atoms with Crippen molar-refractivity contribution in [2.75, 3.05) is 17.2 Å². The van der Waals surface area contributed by atoms with Crippen LogP contribution in [0.5, 0.6) is 0 Å². The molecule has 0 saturated carbocycles. The van der Waals surface area contributed by atoms with E-state index < -0.39 is 0 Å². The zero-order valence-corrected chi connectivity index (χ0v) is 15.3. The van der Waals surface area contributed by atoms with Crippen LogP contribution in [0.15, 0.2) is 30.5 Å². The van der Waals surface area contributed by atoms with Crippen molar-refractivity contribution in [3.05, 3.63) is 47.2 Å². The largest absolute Gasteiger partial charge is 0.338 e. The second kappa shape index (κ2) is 7.35. The number of carbonyl (C=O) groups is 1. The molecule has 0 unspecified atom stereocenters. The molecule has 2 heterocycles. The second-order valence-corrected chi connectivity index (χ2v) is 6.18. The first-order chi connectivity index (χ1) is 12.5. The molecule has 7 nitrogen and oxygen atoms in total. The molecule has 134 valence electrons. The minimum Gasteiger partial charge on any atom is -0.338 e. The molecular formula is C19H22N6O. The molecule has 1 aromatic carbocycles. The van der Waals surface area contributed by atoms with Gasteiger partial charge in [-0.3, -0.25) is 5.32 Å². The van der Waals surface area contributed by atoms with E-state index in [-0.39, 0.29) is 6.03 Å². The van der Waals surface area contributed by atoms with Crippen LogP contribution >= 0.6 is 0 Å². The van der Waals surface area contributed by atoms with Gasteiger partial charge in [-0.05, 0) is 51.0 Å². The molecule has 0 radical (unpaired) electrons. The predicted octanol–water partition coefficient (Wildman–Crippen LogP) is 3.84. The van der Waals surface area contributed by atoms with E-state index in [4.69, 9.17) is 0 Å². The van der Waals surface area contributed by atoms with Gasteiger partial charge in [-0.1, -0.05) is 17.7 Å². The lowest BCUT2D eigenvalue weighted by molar-refractivity contribution is 0.252. The van der Waals surface area contributed by atoms with Crippen molar-refractivity contribution in [1.29, 1.82) is 0 Å². The SMILES string of the molecule is CCNC(=O)Nc1ccc2ncc(Nc3c(C)cc(C)cc3C)nc2n1. The maximum absolute atomic E-state index is 11.6. The smallest absolute Gasteiger partial charge is 0.320 e. The first-order valence-corrected chi connectivity index (χ1v) is 8.50.